The Hall–Kier alpha value is -0.720. The molecule has 1 aromatic rings. The normalized spacial score (nSPS) is 13.5. The lowest BCUT2D eigenvalue weighted by atomic mass is 10.1. The van der Waals surface area contributed by atoms with Crippen LogP contribution < -0.4 is 5.32 Å². The van der Waals surface area contributed by atoms with Gasteiger partial charge in [-0.2, -0.15) is 24.9 Å². The number of thioether (sulfide) groups is 1. The Balaban J connectivity index is 2.50. The van der Waals surface area contributed by atoms with E-state index in [0.29, 0.717) is 0 Å². The molecule has 0 aliphatic carbocycles. The Bertz CT molecular complexity index is 384. The second-order valence-electron chi connectivity index (χ2n) is 4.19. The van der Waals surface area contributed by atoms with Crippen molar-refractivity contribution < 1.29 is 18.3 Å². The van der Waals surface area contributed by atoms with E-state index in [4.69, 9.17) is 0 Å². The number of benzene rings is 1. The summed E-state index contributed by atoms with van der Waals surface area (Å²) in [6.07, 6.45) is -2.31. The number of hydrogen-bond acceptors (Lipinski definition) is 3. The van der Waals surface area contributed by atoms with Crippen LogP contribution >= 0.6 is 11.8 Å². The molecular formula is C13H18F3NOS. The molecular weight excluding hydrogens is 275 g/mol. The van der Waals surface area contributed by atoms with Gasteiger partial charge in [0.1, 0.15) is 0 Å². The predicted molar refractivity (Wildman–Crippen MR) is 72.3 cm³/mol. The summed E-state index contributed by atoms with van der Waals surface area (Å²) in [5.74, 6) is 1.02. The number of hydrogen-bond donors (Lipinski definition) is 2. The zero-order chi connectivity index (χ0) is 14.3. The quantitative estimate of drug-likeness (QED) is 0.758. The molecule has 0 aromatic heterocycles. The second-order valence-corrected chi connectivity index (χ2v) is 5.18. The van der Waals surface area contributed by atoms with Crippen LogP contribution in [0.25, 0.3) is 0 Å². The highest BCUT2D eigenvalue weighted by Crippen LogP contribution is 2.30. The molecule has 0 spiro atoms. The molecule has 0 radical (unpaired) electrons. The fourth-order valence-electron chi connectivity index (χ4n) is 1.62. The van der Waals surface area contributed by atoms with Gasteiger partial charge in [-0.1, -0.05) is 12.1 Å². The summed E-state index contributed by atoms with van der Waals surface area (Å²) in [5, 5.41) is 12.9. The second kappa shape index (κ2) is 7.77. The maximum atomic E-state index is 12.5. The van der Waals surface area contributed by atoms with E-state index in [1.165, 1.54) is 12.1 Å². The molecule has 2 nitrogen and oxygen atoms in total. The molecule has 1 atom stereocenters. The van der Waals surface area contributed by atoms with Gasteiger partial charge in [-0.25, -0.2) is 0 Å². The van der Waals surface area contributed by atoms with Gasteiger partial charge in [0, 0.05) is 6.54 Å². The minimum atomic E-state index is -4.37. The standard InChI is InChI=1S/C13H18F3NOS/c1-19-7-3-6-17-9-12(18)10-4-2-5-11(8-10)13(14,15)16/h2,4-5,8,12,17-18H,3,6-7,9H2,1H3. The summed E-state index contributed by atoms with van der Waals surface area (Å²) in [6, 6.07) is 4.81. The molecule has 0 saturated carbocycles. The van der Waals surface area contributed by atoms with E-state index in [2.05, 4.69) is 5.32 Å². The van der Waals surface area contributed by atoms with Gasteiger partial charge >= 0.3 is 6.18 Å². The van der Waals surface area contributed by atoms with Crippen molar-refractivity contribution in [1.82, 2.24) is 5.32 Å². The van der Waals surface area contributed by atoms with Crippen molar-refractivity contribution in [2.45, 2.75) is 18.7 Å². The van der Waals surface area contributed by atoms with E-state index in [1.54, 1.807) is 11.8 Å². The van der Waals surface area contributed by atoms with Crippen molar-refractivity contribution >= 4 is 11.8 Å². The van der Waals surface area contributed by atoms with Gasteiger partial charge in [0.05, 0.1) is 11.7 Å². The first-order valence-electron chi connectivity index (χ1n) is 6.00. The summed E-state index contributed by atoms with van der Waals surface area (Å²) in [6.45, 7) is 1.01. The lowest BCUT2D eigenvalue weighted by Gasteiger charge is -2.14. The first-order valence-corrected chi connectivity index (χ1v) is 7.39. The Morgan fingerprint density at radius 1 is 1.37 bits per heavy atom. The molecule has 0 fully saturated rings. The molecule has 1 rings (SSSR count). The molecule has 2 N–H and O–H groups in total. The topological polar surface area (TPSA) is 32.3 Å². The molecule has 0 aliphatic heterocycles. The molecule has 1 aromatic carbocycles. The van der Waals surface area contributed by atoms with Gasteiger partial charge in [0.2, 0.25) is 0 Å². The molecule has 0 saturated heterocycles. The predicted octanol–water partition coefficient (Wildman–Crippen LogP) is 3.08. The van der Waals surface area contributed by atoms with Gasteiger partial charge in [-0.3, -0.25) is 0 Å². The minimum absolute atomic E-state index is 0.260. The Morgan fingerprint density at radius 2 is 2.11 bits per heavy atom. The number of alkyl halides is 3. The van der Waals surface area contributed by atoms with Crippen molar-refractivity contribution in [3.8, 4) is 0 Å². The molecule has 0 amide bonds. The van der Waals surface area contributed by atoms with E-state index in [9.17, 15) is 18.3 Å². The third kappa shape index (κ3) is 5.84. The number of halogens is 3. The summed E-state index contributed by atoms with van der Waals surface area (Å²) >= 11 is 1.73. The third-order valence-corrected chi connectivity index (χ3v) is 3.34. The first kappa shape index (κ1) is 16.3. The first-order chi connectivity index (χ1) is 8.95. The average molecular weight is 293 g/mol. The highest BCUT2D eigenvalue weighted by atomic mass is 32.2. The molecule has 108 valence electrons. The van der Waals surface area contributed by atoms with Crippen LogP contribution in [0, 0.1) is 0 Å². The Kier molecular flexibility index (Phi) is 6.68. The minimum Gasteiger partial charge on any atom is -0.387 e. The van der Waals surface area contributed by atoms with Gasteiger partial charge in [-0.05, 0) is 42.7 Å². The molecule has 19 heavy (non-hydrogen) atoms. The van der Waals surface area contributed by atoms with E-state index in [-0.39, 0.29) is 12.1 Å². The SMILES string of the molecule is CSCCCNCC(O)c1cccc(C(F)(F)F)c1. The van der Waals surface area contributed by atoms with Crippen LogP contribution in [0.5, 0.6) is 0 Å². The zero-order valence-electron chi connectivity index (χ0n) is 10.7. The van der Waals surface area contributed by atoms with E-state index in [1.807, 2.05) is 6.26 Å². The Labute approximate surface area is 115 Å². The largest absolute Gasteiger partial charge is 0.416 e. The van der Waals surface area contributed by atoms with Gasteiger partial charge in [0.15, 0.2) is 0 Å². The van der Waals surface area contributed by atoms with Crippen LogP contribution in [0.2, 0.25) is 0 Å². The van der Waals surface area contributed by atoms with Gasteiger partial charge < -0.3 is 10.4 Å². The van der Waals surface area contributed by atoms with E-state index >= 15 is 0 Å². The molecule has 0 aliphatic rings. The molecule has 0 bridgehead atoms. The van der Waals surface area contributed by atoms with Crippen LogP contribution in [-0.2, 0) is 6.18 Å². The van der Waals surface area contributed by atoms with Crippen molar-refractivity contribution in [1.29, 1.82) is 0 Å². The fourth-order valence-corrected chi connectivity index (χ4v) is 2.05. The summed E-state index contributed by atoms with van der Waals surface area (Å²) in [7, 11) is 0. The Morgan fingerprint density at radius 3 is 2.74 bits per heavy atom. The number of aliphatic hydroxyl groups excluding tert-OH is 1. The highest BCUT2D eigenvalue weighted by molar-refractivity contribution is 7.98. The van der Waals surface area contributed by atoms with Crippen molar-refractivity contribution in [3.05, 3.63) is 35.4 Å². The maximum absolute atomic E-state index is 12.5. The van der Waals surface area contributed by atoms with Gasteiger partial charge in [0.25, 0.3) is 0 Å². The fraction of sp³-hybridized carbons (Fsp3) is 0.538. The van der Waals surface area contributed by atoms with E-state index < -0.39 is 17.8 Å². The molecule has 6 heteroatoms. The maximum Gasteiger partial charge on any atom is 0.416 e. The van der Waals surface area contributed by atoms with Crippen LogP contribution in [0.3, 0.4) is 0 Å². The summed E-state index contributed by atoms with van der Waals surface area (Å²) < 4.78 is 37.6. The number of nitrogens with one attached hydrogen (secondary N) is 1. The lowest BCUT2D eigenvalue weighted by Crippen LogP contribution is -2.23. The van der Waals surface area contributed by atoms with Gasteiger partial charge in [-0.15, -0.1) is 0 Å². The molecule has 1 unspecified atom stereocenters. The van der Waals surface area contributed by atoms with Crippen LogP contribution in [-0.4, -0.2) is 30.2 Å². The summed E-state index contributed by atoms with van der Waals surface area (Å²) in [5.41, 5.74) is -0.446. The monoisotopic (exact) mass is 293 g/mol. The highest BCUT2D eigenvalue weighted by Gasteiger charge is 2.30. The zero-order valence-corrected chi connectivity index (χ0v) is 11.5. The average Bonchev–Trinajstić information content (AvgIpc) is 2.37. The van der Waals surface area contributed by atoms with Crippen LogP contribution in [0.15, 0.2) is 24.3 Å². The number of aliphatic hydroxyl groups is 1. The van der Waals surface area contributed by atoms with Crippen molar-refractivity contribution in [2.24, 2.45) is 0 Å². The van der Waals surface area contributed by atoms with Crippen LogP contribution in [0.4, 0.5) is 13.2 Å². The van der Waals surface area contributed by atoms with E-state index in [0.717, 1.165) is 30.9 Å². The van der Waals surface area contributed by atoms with Crippen molar-refractivity contribution in [2.75, 3.05) is 25.1 Å². The smallest absolute Gasteiger partial charge is 0.387 e. The van der Waals surface area contributed by atoms with Crippen molar-refractivity contribution in [3.63, 3.8) is 0 Å². The number of rotatable bonds is 7. The third-order valence-electron chi connectivity index (χ3n) is 2.64. The van der Waals surface area contributed by atoms with Crippen LogP contribution in [0.1, 0.15) is 23.7 Å². The lowest BCUT2D eigenvalue weighted by molar-refractivity contribution is -0.137. The summed E-state index contributed by atoms with van der Waals surface area (Å²) in [4.78, 5) is 0. The molecule has 0 heterocycles.